The average Bonchev–Trinajstić information content (AvgIpc) is 3.48. The first kappa shape index (κ1) is 18.4. The first-order chi connectivity index (χ1) is 12.4. The number of hydrogen-bond acceptors (Lipinski definition) is 4. The van der Waals surface area contributed by atoms with Gasteiger partial charge < -0.3 is 15.4 Å². The lowest BCUT2D eigenvalue weighted by Crippen LogP contribution is -2.56. The molecule has 1 aromatic rings. The molecule has 1 aromatic carbocycles. The van der Waals surface area contributed by atoms with Crippen molar-refractivity contribution in [3.05, 3.63) is 29.8 Å². The molecule has 2 aliphatic carbocycles. The highest BCUT2D eigenvalue weighted by Gasteiger charge is 2.43. The van der Waals surface area contributed by atoms with E-state index in [1.165, 1.54) is 7.11 Å². The van der Waals surface area contributed by atoms with Crippen LogP contribution in [0.15, 0.2) is 24.3 Å². The number of methoxy groups -OCH3 is 1. The topological polar surface area (TPSA) is 84.5 Å². The summed E-state index contributed by atoms with van der Waals surface area (Å²) < 4.78 is 4.96. The summed E-state index contributed by atoms with van der Waals surface area (Å²) in [5, 5.41) is 5.75. The predicted molar refractivity (Wildman–Crippen MR) is 97.6 cm³/mol. The van der Waals surface area contributed by atoms with E-state index in [1.807, 2.05) is 0 Å². The molecule has 0 saturated heterocycles. The summed E-state index contributed by atoms with van der Waals surface area (Å²) >= 11 is 0. The van der Waals surface area contributed by atoms with Gasteiger partial charge in [-0.25, -0.2) is 4.79 Å². The second-order valence-electron chi connectivity index (χ2n) is 7.55. The van der Waals surface area contributed by atoms with Crippen molar-refractivity contribution >= 4 is 23.5 Å². The van der Waals surface area contributed by atoms with Crippen molar-refractivity contribution in [2.24, 2.45) is 11.8 Å². The van der Waals surface area contributed by atoms with E-state index in [1.54, 1.807) is 24.3 Å². The Morgan fingerprint density at radius 2 is 1.81 bits per heavy atom. The molecular weight excluding hydrogens is 332 g/mol. The van der Waals surface area contributed by atoms with Crippen LogP contribution in [0.3, 0.4) is 0 Å². The summed E-state index contributed by atoms with van der Waals surface area (Å²) in [6.45, 7) is 2.15. The van der Waals surface area contributed by atoms with E-state index in [0.717, 1.165) is 25.7 Å². The monoisotopic (exact) mass is 358 g/mol. The van der Waals surface area contributed by atoms with Crippen molar-refractivity contribution in [1.29, 1.82) is 0 Å². The maximum atomic E-state index is 12.8. The lowest BCUT2D eigenvalue weighted by atomic mass is 9.77. The van der Waals surface area contributed by atoms with Gasteiger partial charge in [0.25, 0.3) is 5.91 Å². The van der Waals surface area contributed by atoms with Gasteiger partial charge in [-0.15, -0.1) is 0 Å². The SMILES string of the molecule is COC(=O)C1(NC(=O)c2cccc(NC(=O)C3CC3)c2)CCC(C)CC1. The molecule has 0 aromatic heterocycles. The van der Waals surface area contributed by atoms with Crippen molar-refractivity contribution in [1.82, 2.24) is 5.32 Å². The molecule has 2 fully saturated rings. The molecule has 140 valence electrons. The second kappa shape index (κ2) is 7.48. The van der Waals surface area contributed by atoms with Crippen LogP contribution in [0, 0.1) is 11.8 Å². The van der Waals surface area contributed by atoms with Crippen LogP contribution in [0.4, 0.5) is 5.69 Å². The van der Waals surface area contributed by atoms with E-state index in [2.05, 4.69) is 17.6 Å². The van der Waals surface area contributed by atoms with Crippen molar-refractivity contribution in [2.45, 2.75) is 51.0 Å². The maximum absolute atomic E-state index is 12.8. The van der Waals surface area contributed by atoms with Crippen LogP contribution in [-0.2, 0) is 14.3 Å². The van der Waals surface area contributed by atoms with Crippen LogP contribution in [0.5, 0.6) is 0 Å². The number of carbonyl (C=O) groups is 3. The number of anilines is 1. The molecule has 6 nitrogen and oxygen atoms in total. The van der Waals surface area contributed by atoms with Crippen molar-refractivity contribution in [3.63, 3.8) is 0 Å². The van der Waals surface area contributed by atoms with E-state index < -0.39 is 11.5 Å². The number of benzene rings is 1. The third kappa shape index (κ3) is 4.06. The average molecular weight is 358 g/mol. The highest BCUT2D eigenvalue weighted by molar-refractivity contribution is 6.00. The Morgan fingerprint density at radius 1 is 1.12 bits per heavy atom. The summed E-state index contributed by atoms with van der Waals surface area (Å²) in [5.41, 5.74) is 0.0467. The Balaban J connectivity index is 1.73. The molecule has 2 amide bonds. The summed E-state index contributed by atoms with van der Waals surface area (Å²) in [6.07, 6.45) is 4.73. The number of hydrogen-bond donors (Lipinski definition) is 2. The quantitative estimate of drug-likeness (QED) is 0.793. The summed E-state index contributed by atoms with van der Waals surface area (Å²) in [5.74, 6) is -0.0942. The third-order valence-electron chi connectivity index (χ3n) is 5.40. The minimum absolute atomic E-state index is 0.00476. The van der Waals surface area contributed by atoms with Crippen molar-refractivity contribution in [3.8, 4) is 0 Å². The molecule has 3 rings (SSSR count). The largest absolute Gasteiger partial charge is 0.467 e. The zero-order chi connectivity index (χ0) is 18.7. The van der Waals surface area contributed by atoms with Gasteiger partial charge in [0.05, 0.1) is 7.11 Å². The fourth-order valence-corrected chi connectivity index (χ4v) is 3.45. The molecule has 0 unspecified atom stereocenters. The molecule has 2 saturated carbocycles. The molecule has 2 aliphatic rings. The van der Waals surface area contributed by atoms with Crippen LogP contribution < -0.4 is 10.6 Å². The van der Waals surface area contributed by atoms with Gasteiger partial charge in [-0.1, -0.05) is 13.0 Å². The lowest BCUT2D eigenvalue weighted by Gasteiger charge is -2.37. The zero-order valence-corrected chi connectivity index (χ0v) is 15.3. The standard InChI is InChI=1S/C20H26N2O4/c1-13-8-10-20(11-9-13,19(25)26-2)22-18(24)15-4-3-5-16(12-15)21-17(23)14-6-7-14/h3-5,12-14H,6-11H2,1-2H3,(H,21,23)(H,22,24). The van der Waals surface area contributed by atoms with Crippen LogP contribution in [0.25, 0.3) is 0 Å². The van der Waals surface area contributed by atoms with Gasteiger partial charge in [-0.05, 0) is 62.6 Å². The van der Waals surface area contributed by atoms with E-state index in [4.69, 9.17) is 4.74 Å². The summed E-state index contributed by atoms with van der Waals surface area (Å²) in [6, 6.07) is 6.81. The minimum Gasteiger partial charge on any atom is -0.467 e. The zero-order valence-electron chi connectivity index (χ0n) is 15.3. The fraction of sp³-hybridized carbons (Fsp3) is 0.550. The van der Waals surface area contributed by atoms with Crippen LogP contribution >= 0.6 is 0 Å². The summed E-state index contributed by atoms with van der Waals surface area (Å²) in [7, 11) is 1.35. The van der Waals surface area contributed by atoms with Gasteiger partial charge in [-0.3, -0.25) is 9.59 Å². The molecule has 0 spiro atoms. The number of nitrogens with one attached hydrogen (secondary N) is 2. The Labute approximate surface area is 153 Å². The third-order valence-corrected chi connectivity index (χ3v) is 5.40. The van der Waals surface area contributed by atoms with Gasteiger partial charge in [0.2, 0.25) is 5.91 Å². The van der Waals surface area contributed by atoms with Gasteiger partial charge in [-0.2, -0.15) is 0 Å². The first-order valence-electron chi connectivity index (χ1n) is 9.25. The first-order valence-corrected chi connectivity index (χ1v) is 9.25. The Kier molecular flexibility index (Phi) is 5.30. The summed E-state index contributed by atoms with van der Waals surface area (Å²) in [4.78, 5) is 37.0. The number of rotatable bonds is 5. The predicted octanol–water partition coefficient (Wildman–Crippen LogP) is 2.89. The number of amides is 2. The highest BCUT2D eigenvalue weighted by Crippen LogP contribution is 2.33. The number of esters is 1. The van der Waals surface area contributed by atoms with Gasteiger partial charge in [0.15, 0.2) is 0 Å². The molecule has 2 N–H and O–H groups in total. The van der Waals surface area contributed by atoms with Gasteiger partial charge >= 0.3 is 5.97 Å². The maximum Gasteiger partial charge on any atom is 0.331 e. The van der Waals surface area contributed by atoms with E-state index in [9.17, 15) is 14.4 Å². The number of carbonyl (C=O) groups excluding carboxylic acids is 3. The smallest absolute Gasteiger partial charge is 0.331 e. The lowest BCUT2D eigenvalue weighted by molar-refractivity contribution is -0.150. The molecule has 0 heterocycles. The van der Waals surface area contributed by atoms with E-state index in [-0.39, 0.29) is 17.7 Å². The highest BCUT2D eigenvalue weighted by atomic mass is 16.5. The molecule has 0 aliphatic heterocycles. The normalized spacial score (nSPS) is 25.2. The number of ether oxygens (including phenoxy) is 1. The molecule has 0 bridgehead atoms. The molecular formula is C20H26N2O4. The van der Waals surface area contributed by atoms with Crippen molar-refractivity contribution < 1.29 is 19.1 Å². The Morgan fingerprint density at radius 3 is 2.42 bits per heavy atom. The van der Waals surface area contributed by atoms with E-state index >= 15 is 0 Å². The van der Waals surface area contributed by atoms with Crippen molar-refractivity contribution in [2.75, 3.05) is 12.4 Å². The second-order valence-corrected chi connectivity index (χ2v) is 7.55. The molecule has 0 radical (unpaired) electrons. The molecule has 0 atom stereocenters. The Bertz CT molecular complexity index is 704. The van der Waals surface area contributed by atoms with Crippen LogP contribution in [-0.4, -0.2) is 30.4 Å². The van der Waals surface area contributed by atoms with E-state index in [0.29, 0.717) is 30.0 Å². The van der Waals surface area contributed by atoms with Gasteiger partial charge in [0.1, 0.15) is 5.54 Å². The Hall–Kier alpha value is -2.37. The molecule has 26 heavy (non-hydrogen) atoms. The molecule has 6 heteroatoms. The fourth-order valence-electron chi connectivity index (χ4n) is 3.45. The van der Waals surface area contributed by atoms with Crippen LogP contribution in [0.1, 0.15) is 55.8 Å². The van der Waals surface area contributed by atoms with Gasteiger partial charge in [0, 0.05) is 17.2 Å². The van der Waals surface area contributed by atoms with Crippen LogP contribution in [0.2, 0.25) is 0 Å². The minimum atomic E-state index is -0.967.